The maximum atomic E-state index is 13.5. The van der Waals surface area contributed by atoms with E-state index in [0.717, 1.165) is 5.56 Å². The van der Waals surface area contributed by atoms with Crippen LogP contribution in [0, 0.1) is 5.82 Å². The number of halogens is 1. The van der Waals surface area contributed by atoms with Crippen molar-refractivity contribution in [3.8, 4) is 0 Å². The summed E-state index contributed by atoms with van der Waals surface area (Å²) in [4.78, 5) is 11.2. The Hall–Kier alpha value is -2.56. The van der Waals surface area contributed by atoms with E-state index in [9.17, 15) is 9.18 Å². The molecule has 5 N–H and O–H groups in total. The van der Waals surface area contributed by atoms with Crippen LogP contribution in [0.1, 0.15) is 15.9 Å². The van der Waals surface area contributed by atoms with E-state index in [-0.39, 0.29) is 5.56 Å². The molecule has 0 heterocycles. The van der Waals surface area contributed by atoms with Crippen LogP contribution >= 0.6 is 0 Å². The molecule has 2 aromatic rings. The first-order chi connectivity index (χ1) is 9.08. The van der Waals surface area contributed by atoms with Crippen LogP contribution in [-0.4, -0.2) is 5.91 Å². The second-order valence-electron chi connectivity index (χ2n) is 4.13. The van der Waals surface area contributed by atoms with E-state index in [0.29, 0.717) is 17.9 Å². The molecule has 0 unspecified atom stereocenters. The van der Waals surface area contributed by atoms with Gasteiger partial charge in [0.05, 0.1) is 11.3 Å². The number of nitrogens with one attached hydrogen (secondary N) is 1. The van der Waals surface area contributed by atoms with Crippen molar-refractivity contribution in [1.29, 1.82) is 0 Å². The second-order valence-corrected chi connectivity index (χ2v) is 4.13. The smallest absolute Gasteiger partial charge is 0.253 e. The molecule has 0 aliphatic carbocycles. The molecule has 2 aromatic carbocycles. The molecule has 1 amide bonds. The maximum Gasteiger partial charge on any atom is 0.253 e. The molecule has 19 heavy (non-hydrogen) atoms. The van der Waals surface area contributed by atoms with Gasteiger partial charge in [-0.2, -0.15) is 0 Å². The number of carbonyl (C=O) groups is 1. The molecule has 0 aliphatic heterocycles. The van der Waals surface area contributed by atoms with Crippen LogP contribution in [0.4, 0.5) is 15.8 Å². The van der Waals surface area contributed by atoms with Gasteiger partial charge in [-0.3, -0.25) is 4.79 Å². The topological polar surface area (TPSA) is 81.1 Å². The number of anilines is 2. The summed E-state index contributed by atoms with van der Waals surface area (Å²) in [7, 11) is 0. The highest BCUT2D eigenvalue weighted by atomic mass is 19.1. The summed E-state index contributed by atoms with van der Waals surface area (Å²) in [6.07, 6.45) is 0. The fourth-order valence-corrected chi connectivity index (χ4v) is 1.82. The van der Waals surface area contributed by atoms with Gasteiger partial charge in [-0.15, -0.1) is 0 Å². The van der Waals surface area contributed by atoms with Gasteiger partial charge in [-0.25, -0.2) is 4.39 Å². The van der Waals surface area contributed by atoms with Crippen LogP contribution in [0.5, 0.6) is 0 Å². The second kappa shape index (κ2) is 5.39. The van der Waals surface area contributed by atoms with Crippen molar-refractivity contribution < 1.29 is 9.18 Å². The Morgan fingerprint density at radius 2 is 1.95 bits per heavy atom. The van der Waals surface area contributed by atoms with Gasteiger partial charge in [-0.05, 0) is 29.8 Å². The van der Waals surface area contributed by atoms with Crippen LogP contribution in [0.15, 0.2) is 42.5 Å². The third-order valence-electron chi connectivity index (χ3n) is 2.69. The number of nitrogens with two attached hydrogens (primary N) is 2. The van der Waals surface area contributed by atoms with E-state index in [4.69, 9.17) is 11.5 Å². The summed E-state index contributed by atoms with van der Waals surface area (Å²) >= 11 is 0. The van der Waals surface area contributed by atoms with Crippen LogP contribution in [0.3, 0.4) is 0 Å². The molecule has 98 valence electrons. The van der Waals surface area contributed by atoms with Gasteiger partial charge >= 0.3 is 0 Å². The summed E-state index contributed by atoms with van der Waals surface area (Å²) in [5.74, 6) is -1.43. The lowest BCUT2D eigenvalue weighted by molar-refractivity contribution is 0.0997. The van der Waals surface area contributed by atoms with Gasteiger partial charge in [0, 0.05) is 12.2 Å². The summed E-state index contributed by atoms with van der Waals surface area (Å²) < 4.78 is 13.5. The third-order valence-corrected chi connectivity index (χ3v) is 2.69. The van der Waals surface area contributed by atoms with Gasteiger partial charge < -0.3 is 16.8 Å². The highest BCUT2D eigenvalue weighted by molar-refractivity contribution is 5.98. The van der Waals surface area contributed by atoms with E-state index >= 15 is 0 Å². The van der Waals surface area contributed by atoms with Crippen LogP contribution in [0.25, 0.3) is 0 Å². The van der Waals surface area contributed by atoms with Crippen molar-refractivity contribution in [2.45, 2.75) is 6.54 Å². The van der Waals surface area contributed by atoms with Crippen molar-refractivity contribution in [3.05, 3.63) is 59.4 Å². The van der Waals surface area contributed by atoms with Crippen molar-refractivity contribution >= 4 is 17.3 Å². The predicted molar refractivity (Wildman–Crippen MR) is 73.1 cm³/mol. The lowest BCUT2D eigenvalue weighted by Gasteiger charge is -2.11. The standard InChI is InChI=1S/C14H14FN3O/c15-11-5-2-6-12(13(11)14(17)19)18-8-9-3-1-4-10(16)7-9/h1-7,18H,8,16H2,(H2,17,19). The Bertz CT molecular complexity index is 613. The van der Waals surface area contributed by atoms with Crippen LogP contribution < -0.4 is 16.8 Å². The minimum Gasteiger partial charge on any atom is -0.399 e. The zero-order valence-corrected chi connectivity index (χ0v) is 10.2. The zero-order chi connectivity index (χ0) is 13.8. The molecule has 0 saturated carbocycles. The lowest BCUT2D eigenvalue weighted by atomic mass is 10.1. The van der Waals surface area contributed by atoms with Gasteiger partial charge in [0.2, 0.25) is 0 Å². The molecule has 0 aliphatic rings. The first-order valence-electron chi connectivity index (χ1n) is 5.74. The molecule has 0 spiro atoms. The monoisotopic (exact) mass is 259 g/mol. The van der Waals surface area contributed by atoms with Crippen molar-refractivity contribution in [2.75, 3.05) is 11.1 Å². The third kappa shape index (κ3) is 3.01. The summed E-state index contributed by atoms with van der Waals surface area (Å²) in [6, 6.07) is 11.6. The number of primary amides is 1. The number of rotatable bonds is 4. The Morgan fingerprint density at radius 3 is 2.63 bits per heavy atom. The number of carbonyl (C=O) groups excluding carboxylic acids is 1. The Morgan fingerprint density at radius 1 is 1.21 bits per heavy atom. The van der Waals surface area contributed by atoms with Crippen LogP contribution in [-0.2, 0) is 6.54 Å². The van der Waals surface area contributed by atoms with E-state index in [1.165, 1.54) is 12.1 Å². The highest BCUT2D eigenvalue weighted by Crippen LogP contribution is 2.19. The van der Waals surface area contributed by atoms with E-state index < -0.39 is 11.7 Å². The first-order valence-corrected chi connectivity index (χ1v) is 5.74. The minimum absolute atomic E-state index is 0.133. The molecule has 0 bridgehead atoms. The largest absolute Gasteiger partial charge is 0.399 e. The van der Waals surface area contributed by atoms with E-state index in [1.54, 1.807) is 18.2 Å². The average Bonchev–Trinajstić information content (AvgIpc) is 2.36. The zero-order valence-electron chi connectivity index (χ0n) is 10.2. The van der Waals surface area contributed by atoms with Crippen molar-refractivity contribution in [3.63, 3.8) is 0 Å². The maximum absolute atomic E-state index is 13.5. The molecule has 2 rings (SSSR count). The fourth-order valence-electron chi connectivity index (χ4n) is 1.82. The molecular weight excluding hydrogens is 245 g/mol. The molecule has 0 radical (unpaired) electrons. The number of nitrogen functional groups attached to an aromatic ring is 1. The molecule has 4 nitrogen and oxygen atoms in total. The molecule has 0 saturated heterocycles. The van der Waals surface area contributed by atoms with Crippen LogP contribution in [0.2, 0.25) is 0 Å². The molecular formula is C14H14FN3O. The Kier molecular flexibility index (Phi) is 3.66. The molecule has 5 heteroatoms. The molecule has 0 atom stereocenters. The SMILES string of the molecule is NC(=O)c1c(F)cccc1NCc1cccc(N)c1. The van der Waals surface area contributed by atoms with E-state index in [2.05, 4.69) is 5.32 Å². The van der Waals surface area contributed by atoms with Gasteiger partial charge in [0.1, 0.15) is 5.82 Å². The average molecular weight is 259 g/mol. The lowest BCUT2D eigenvalue weighted by Crippen LogP contribution is -2.16. The summed E-state index contributed by atoms with van der Waals surface area (Å²) in [5.41, 5.74) is 12.7. The predicted octanol–water partition coefficient (Wildman–Crippen LogP) is 2.12. The van der Waals surface area contributed by atoms with Gasteiger partial charge in [0.25, 0.3) is 5.91 Å². The number of hydrogen-bond acceptors (Lipinski definition) is 3. The first kappa shape index (κ1) is 12.9. The summed E-state index contributed by atoms with van der Waals surface area (Å²) in [5, 5.41) is 2.98. The van der Waals surface area contributed by atoms with Crippen molar-refractivity contribution in [2.24, 2.45) is 5.73 Å². The normalized spacial score (nSPS) is 10.2. The molecule has 0 fully saturated rings. The van der Waals surface area contributed by atoms with Gasteiger partial charge in [0.15, 0.2) is 0 Å². The summed E-state index contributed by atoms with van der Waals surface area (Å²) in [6.45, 7) is 0.425. The van der Waals surface area contributed by atoms with Crippen molar-refractivity contribution in [1.82, 2.24) is 0 Å². The Balaban J connectivity index is 2.20. The number of amides is 1. The molecule has 0 aromatic heterocycles. The number of hydrogen-bond donors (Lipinski definition) is 3. The Labute approximate surface area is 110 Å². The highest BCUT2D eigenvalue weighted by Gasteiger charge is 2.13. The number of benzene rings is 2. The quantitative estimate of drug-likeness (QED) is 0.736. The fraction of sp³-hybridized carbons (Fsp3) is 0.0714. The van der Waals surface area contributed by atoms with Gasteiger partial charge in [-0.1, -0.05) is 18.2 Å². The minimum atomic E-state index is -0.798. The van der Waals surface area contributed by atoms with E-state index in [1.807, 2.05) is 12.1 Å².